The molecule has 4 rings (SSSR count). The van der Waals surface area contributed by atoms with Gasteiger partial charge in [-0.15, -0.1) is 0 Å². The van der Waals surface area contributed by atoms with Crippen LogP contribution in [0.1, 0.15) is 39.7 Å². The van der Waals surface area contributed by atoms with Gasteiger partial charge in [0.2, 0.25) is 0 Å². The molecule has 0 aliphatic carbocycles. The fourth-order valence-electron chi connectivity index (χ4n) is 3.97. The average Bonchev–Trinajstić information content (AvgIpc) is 2.71. The maximum atomic E-state index is 9.68. The van der Waals surface area contributed by atoms with E-state index in [-0.39, 0.29) is 17.6 Å². The molecule has 1 aliphatic heterocycles. The molecule has 3 nitrogen and oxygen atoms in total. The third-order valence-electron chi connectivity index (χ3n) is 5.65. The third-order valence-corrected chi connectivity index (χ3v) is 5.65. The number of aryl methyl sites for hydroxylation is 1. The summed E-state index contributed by atoms with van der Waals surface area (Å²) in [6.45, 7) is 4.85. The topological polar surface area (TPSA) is 38.7 Å². The summed E-state index contributed by atoms with van der Waals surface area (Å²) < 4.78 is 11.6. The van der Waals surface area contributed by atoms with Gasteiger partial charge in [-0.1, -0.05) is 36.4 Å². The number of ether oxygens (including phenoxy) is 2. The number of fused-ring (bicyclic) bond motifs is 1. The van der Waals surface area contributed by atoms with Crippen molar-refractivity contribution < 1.29 is 14.6 Å². The summed E-state index contributed by atoms with van der Waals surface area (Å²) in [6, 6.07) is 20.2. The molecule has 0 fully saturated rings. The van der Waals surface area contributed by atoms with Crippen LogP contribution in [0.3, 0.4) is 0 Å². The van der Waals surface area contributed by atoms with E-state index in [9.17, 15) is 5.11 Å². The number of phenols is 1. The lowest BCUT2D eigenvalue weighted by Gasteiger charge is -2.35. The van der Waals surface area contributed by atoms with Crippen LogP contribution in [0.4, 0.5) is 0 Å². The highest BCUT2D eigenvalue weighted by Crippen LogP contribution is 2.47. The van der Waals surface area contributed by atoms with Crippen LogP contribution in [0.5, 0.6) is 17.2 Å². The first-order valence-corrected chi connectivity index (χ1v) is 9.24. The molecule has 0 aromatic heterocycles. The van der Waals surface area contributed by atoms with E-state index in [2.05, 4.69) is 38.1 Å². The molecular weight excluding hydrogens is 336 g/mol. The first-order chi connectivity index (χ1) is 13.1. The van der Waals surface area contributed by atoms with Crippen molar-refractivity contribution >= 4 is 0 Å². The Morgan fingerprint density at radius 3 is 2.22 bits per heavy atom. The minimum atomic E-state index is 0.175. The highest BCUT2D eigenvalue weighted by molar-refractivity contribution is 5.53. The van der Waals surface area contributed by atoms with Gasteiger partial charge in [0.1, 0.15) is 17.2 Å². The Balaban J connectivity index is 1.85. The molecule has 3 heteroatoms. The Labute approximate surface area is 160 Å². The predicted molar refractivity (Wildman–Crippen MR) is 107 cm³/mol. The van der Waals surface area contributed by atoms with Crippen LogP contribution < -0.4 is 9.47 Å². The molecule has 3 aromatic rings. The Morgan fingerprint density at radius 1 is 0.889 bits per heavy atom. The highest BCUT2D eigenvalue weighted by Gasteiger charge is 2.34. The zero-order valence-corrected chi connectivity index (χ0v) is 15.9. The molecule has 27 heavy (non-hydrogen) atoms. The second kappa shape index (κ2) is 6.99. The van der Waals surface area contributed by atoms with Gasteiger partial charge in [-0.2, -0.15) is 0 Å². The van der Waals surface area contributed by atoms with E-state index in [1.54, 1.807) is 19.2 Å². The zero-order valence-electron chi connectivity index (χ0n) is 15.9. The average molecular weight is 360 g/mol. The summed E-state index contributed by atoms with van der Waals surface area (Å²) >= 11 is 0. The van der Waals surface area contributed by atoms with Crippen LogP contribution in [-0.2, 0) is 0 Å². The molecule has 3 aromatic carbocycles. The van der Waals surface area contributed by atoms with Crippen LogP contribution in [0.25, 0.3) is 0 Å². The van der Waals surface area contributed by atoms with Gasteiger partial charge < -0.3 is 14.6 Å². The van der Waals surface area contributed by atoms with Crippen molar-refractivity contribution in [1.82, 2.24) is 0 Å². The molecule has 0 radical (unpaired) electrons. The van der Waals surface area contributed by atoms with E-state index < -0.39 is 0 Å². The number of aromatic hydroxyl groups is 1. The van der Waals surface area contributed by atoms with Crippen LogP contribution in [0, 0.1) is 13.8 Å². The lowest BCUT2D eigenvalue weighted by molar-refractivity contribution is 0.247. The van der Waals surface area contributed by atoms with Crippen molar-refractivity contribution in [2.75, 3.05) is 13.7 Å². The molecule has 1 aliphatic rings. The predicted octanol–water partition coefficient (Wildman–Crippen LogP) is 5.33. The lowest BCUT2D eigenvalue weighted by atomic mass is 9.75. The second-order valence-electron chi connectivity index (χ2n) is 7.19. The van der Waals surface area contributed by atoms with E-state index >= 15 is 0 Å². The number of hydrogen-bond donors (Lipinski definition) is 1. The smallest absolute Gasteiger partial charge is 0.126 e. The van der Waals surface area contributed by atoms with Crippen molar-refractivity contribution in [3.8, 4) is 17.2 Å². The van der Waals surface area contributed by atoms with Gasteiger partial charge in [0.25, 0.3) is 0 Å². The summed E-state index contributed by atoms with van der Waals surface area (Å²) in [5.74, 6) is 2.50. The standard InChI is InChI=1S/C24H24O3/c1-15-4-13-21-23(18-7-11-20(26-3)12-8-18)22(14-27-24(21)16(15)2)17-5-9-19(25)10-6-17/h4-13,22-23,25H,14H2,1-3H3/t22-,23-/m0/s1. The molecule has 0 saturated carbocycles. The van der Waals surface area contributed by atoms with Gasteiger partial charge >= 0.3 is 0 Å². The molecule has 0 unspecified atom stereocenters. The van der Waals surface area contributed by atoms with Crippen molar-refractivity contribution in [2.45, 2.75) is 25.7 Å². The Hall–Kier alpha value is -2.94. The normalized spacial score (nSPS) is 18.5. The van der Waals surface area contributed by atoms with Crippen molar-refractivity contribution in [2.24, 2.45) is 0 Å². The van der Waals surface area contributed by atoms with Crippen molar-refractivity contribution in [3.63, 3.8) is 0 Å². The molecule has 0 amide bonds. The van der Waals surface area contributed by atoms with Gasteiger partial charge in [0.05, 0.1) is 13.7 Å². The Bertz CT molecular complexity index is 943. The molecule has 0 spiro atoms. The minimum Gasteiger partial charge on any atom is -0.508 e. The molecule has 0 bridgehead atoms. The van der Waals surface area contributed by atoms with E-state index in [1.165, 1.54) is 22.3 Å². The first kappa shape index (κ1) is 17.5. The van der Waals surface area contributed by atoms with Crippen LogP contribution in [-0.4, -0.2) is 18.8 Å². The van der Waals surface area contributed by atoms with Crippen LogP contribution in [0.2, 0.25) is 0 Å². The molecule has 2 atom stereocenters. The maximum absolute atomic E-state index is 9.68. The third kappa shape index (κ3) is 3.14. The van der Waals surface area contributed by atoms with Crippen molar-refractivity contribution in [3.05, 3.63) is 88.5 Å². The molecule has 0 saturated heterocycles. The maximum Gasteiger partial charge on any atom is 0.126 e. The summed E-state index contributed by atoms with van der Waals surface area (Å²) in [5, 5.41) is 9.68. The van der Waals surface area contributed by atoms with Crippen LogP contribution >= 0.6 is 0 Å². The zero-order chi connectivity index (χ0) is 19.0. The van der Waals surface area contributed by atoms with Crippen molar-refractivity contribution in [1.29, 1.82) is 0 Å². The van der Waals surface area contributed by atoms with E-state index in [0.717, 1.165) is 17.1 Å². The monoisotopic (exact) mass is 360 g/mol. The van der Waals surface area contributed by atoms with Crippen LogP contribution in [0.15, 0.2) is 60.7 Å². The van der Waals surface area contributed by atoms with Gasteiger partial charge in [0, 0.05) is 17.4 Å². The summed E-state index contributed by atoms with van der Waals surface area (Å²) in [4.78, 5) is 0. The molecule has 1 N–H and O–H groups in total. The van der Waals surface area contributed by atoms with Gasteiger partial charge in [-0.3, -0.25) is 0 Å². The fourth-order valence-corrected chi connectivity index (χ4v) is 3.97. The number of methoxy groups -OCH3 is 1. The Kier molecular flexibility index (Phi) is 4.53. The molecule has 1 heterocycles. The largest absolute Gasteiger partial charge is 0.508 e. The summed E-state index contributed by atoms with van der Waals surface area (Å²) in [6.07, 6.45) is 0. The van der Waals surface area contributed by atoms with E-state index in [4.69, 9.17) is 9.47 Å². The van der Waals surface area contributed by atoms with E-state index in [1.807, 2.05) is 24.3 Å². The summed E-state index contributed by atoms with van der Waals surface area (Å²) in [7, 11) is 1.68. The van der Waals surface area contributed by atoms with Gasteiger partial charge in [-0.05, 0) is 60.4 Å². The fraction of sp³-hybridized carbons (Fsp3) is 0.250. The SMILES string of the molecule is COc1ccc([C@H]2c3ccc(C)c(C)c3OC[C@H]2c2ccc(O)cc2)cc1. The highest BCUT2D eigenvalue weighted by atomic mass is 16.5. The van der Waals surface area contributed by atoms with Gasteiger partial charge in [0.15, 0.2) is 0 Å². The van der Waals surface area contributed by atoms with Gasteiger partial charge in [-0.25, -0.2) is 0 Å². The Morgan fingerprint density at radius 2 is 1.56 bits per heavy atom. The summed E-state index contributed by atoms with van der Waals surface area (Å²) in [5.41, 5.74) is 6.06. The first-order valence-electron chi connectivity index (χ1n) is 9.24. The quantitative estimate of drug-likeness (QED) is 0.686. The lowest BCUT2D eigenvalue weighted by Crippen LogP contribution is -2.26. The number of rotatable bonds is 3. The minimum absolute atomic E-state index is 0.175. The van der Waals surface area contributed by atoms with E-state index in [0.29, 0.717) is 6.61 Å². The number of phenolic OH excluding ortho intramolecular Hbond substituents is 1. The molecular formula is C24H24O3. The second-order valence-corrected chi connectivity index (χ2v) is 7.19. The number of benzene rings is 3. The number of hydrogen-bond acceptors (Lipinski definition) is 3. The molecule has 138 valence electrons.